The molecule has 5 heteroatoms. The van der Waals surface area contributed by atoms with Crippen LogP contribution in [0.2, 0.25) is 0 Å². The molecule has 1 aliphatic carbocycles. The van der Waals surface area contributed by atoms with Crippen molar-refractivity contribution in [1.29, 1.82) is 0 Å². The number of carbonyl (C=O) groups is 1. The maximum Gasteiger partial charge on any atom is 0.244 e. The maximum absolute atomic E-state index is 14.1. The van der Waals surface area contributed by atoms with E-state index in [1.807, 2.05) is 0 Å². The van der Waals surface area contributed by atoms with E-state index in [0.717, 1.165) is 19.3 Å². The first kappa shape index (κ1) is 16.9. The van der Waals surface area contributed by atoms with Crippen molar-refractivity contribution in [2.75, 3.05) is 34.3 Å². The Hall–Kier alpha value is -1.46. The number of amides is 1. The van der Waals surface area contributed by atoms with Crippen LogP contribution in [-0.4, -0.2) is 55.1 Å². The molecule has 1 amide bonds. The number of hydrogen-bond acceptors (Lipinski definition) is 3. The molecule has 0 spiro atoms. The van der Waals surface area contributed by atoms with Crippen LogP contribution < -0.4 is 0 Å². The molecule has 0 aliphatic heterocycles. The lowest BCUT2D eigenvalue weighted by Crippen LogP contribution is -2.48. The van der Waals surface area contributed by atoms with Gasteiger partial charge in [-0.15, -0.1) is 0 Å². The quantitative estimate of drug-likeness (QED) is 0.875. The van der Waals surface area contributed by atoms with Crippen LogP contribution in [0, 0.1) is 11.2 Å². The van der Waals surface area contributed by atoms with Gasteiger partial charge in [0, 0.05) is 24.6 Å². The van der Waals surface area contributed by atoms with Gasteiger partial charge in [-0.2, -0.15) is 0 Å². The summed E-state index contributed by atoms with van der Waals surface area (Å²) in [5.41, 5.74) is 0.215. The third kappa shape index (κ3) is 3.31. The Balaban J connectivity index is 2.18. The van der Waals surface area contributed by atoms with Crippen LogP contribution in [0.1, 0.15) is 30.9 Å². The standard InChI is InChI=1S/C17H25FN2O2/c1-19(2)15(13-7-4-5-8-14(13)18)16(22)20(3)11-17(12-21)9-6-10-17/h4-5,7-8,15,21H,6,9-12H2,1-3H3. The lowest BCUT2D eigenvalue weighted by molar-refractivity contribution is -0.138. The van der Waals surface area contributed by atoms with Crippen molar-refractivity contribution in [2.24, 2.45) is 5.41 Å². The molecule has 1 N–H and O–H groups in total. The lowest BCUT2D eigenvalue weighted by atomic mass is 9.69. The van der Waals surface area contributed by atoms with Crippen molar-refractivity contribution in [3.63, 3.8) is 0 Å². The number of aliphatic hydroxyl groups excluding tert-OH is 1. The molecule has 0 aromatic heterocycles. The molecular formula is C17H25FN2O2. The number of halogens is 1. The Bertz CT molecular complexity index is 524. The Morgan fingerprint density at radius 1 is 1.32 bits per heavy atom. The summed E-state index contributed by atoms with van der Waals surface area (Å²) in [5, 5.41) is 9.57. The molecule has 1 fully saturated rings. The average Bonchev–Trinajstić information content (AvgIpc) is 2.44. The second-order valence-electron chi connectivity index (χ2n) is 6.59. The average molecular weight is 308 g/mol. The first-order valence-electron chi connectivity index (χ1n) is 7.67. The predicted octanol–water partition coefficient (Wildman–Crippen LogP) is 2.05. The van der Waals surface area contributed by atoms with Gasteiger partial charge in [-0.1, -0.05) is 24.6 Å². The summed E-state index contributed by atoms with van der Waals surface area (Å²) < 4.78 is 14.1. The minimum Gasteiger partial charge on any atom is -0.396 e. The highest BCUT2D eigenvalue weighted by Crippen LogP contribution is 2.41. The predicted molar refractivity (Wildman–Crippen MR) is 83.8 cm³/mol. The van der Waals surface area contributed by atoms with Crippen LogP contribution in [-0.2, 0) is 4.79 Å². The Labute approximate surface area is 131 Å². The van der Waals surface area contributed by atoms with Crippen molar-refractivity contribution >= 4 is 5.91 Å². The summed E-state index contributed by atoms with van der Waals surface area (Å²) in [7, 11) is 5.28. The minimum atomic E-state index is -0.651. The van der Waals surface area contributed by atoms with E-state index in [-0.39, 0.29) is 23.7 Å². The maximum atomic E-state index is 14.1. The SMILES string of the molecule is CN(CC1(CO)CCC1)C(=O)C(c1ccccc1F)N(C)C. The fourth-order valence-corrected chi connectivity index (χ4v) is 3.16. The summed E-state index contributed by atoms with van der Waals surface area (Å²) in [5.74, 6) is -0.515. The smallest absolute Gasteiger partial charge is 0.244 e. The van der Waals surface area contributed by atoms with E-state index in [1.165, 1.54) is 6.07 Å². The number of nitrogens with zero attached hydrogens (tertiary/aromatic N) is 2. The molecule has 122 valence electrons. The second kappa shape index (κ2) is 6.75. The number of likely N-dealkylation sites (N-methyl/N-ethyl adjacent to an activating group) is 2. The zero-order valence-electron chi connectivity index (χ0n) is 13.6. The molecule has 0 bridgehead atoms. The molecule has 1 saturated carbocycles. The summed E-state index contributed by atoms with van der Waals surface area (Å²) in [6.45, 7) is 0.609. The zero-order chi connectivity index (χ0) is 16.3. The van der Waals surface area contributed by atoms with Crippen molar-refractivity contribution in [1.82, 2.24) is 9.80 Å². The Morgan fingerprint density at radius 3 is 2.41 bits per heavy atom. The molecule has 1 aliphatic rings. The fraction of sp³-hybridized carbons (Fsp3) is 0.588. The summed E-state index contributed by atoms with van der Waals surface area (Å²) in [4.78, 5) is 16.2. The Morgan fingerprint density at radius 2 is 1.95 bits per heavy atom. The summed E-state index contributed by atoms with van der Waals surface area (Å²) >= 11 is 0. The van der Waals surface area contributed by atoms with Gasteiger partial charge in [0.25, 0.3) is 0 Å². The van der Waals surface area contributed by atoms with Crippen molar-refractivity contribution in [3.8, 4) is 0 Å². The van der Waals surface area contributed by atoms with E-state index in [2.05, 4.69) is 0 Å². The van der Waals surface area contributed by atoms with Gasteiger partial charge >= 0.3 is 0 Å². The molecule has 1 unspecified atom stereocenters. The van der Waals surface area contributed by atoms with Crippen LogP contribution in [0.25, 0.3) is 0 Å². The first-order chi connectivity index (χ1) is 10.4. The number of carbonyl (C=O) groups excluding carboxylic acids is 1. The van der Waals surface area contributed by atoms with Gasteiger partial charge in [-0.3, -0.25) is 9.69 Å². The molecule has 1 aromatic carbocycles. The van der Waals surface area contributed by atoms with Crippen molar-refractivity contribution < 1.29 is 14.3 Å². The van der Waals surface area contributed by atoms with Crippen molar-refractivity contribution in [3.05, 3.63) is 35.6 Å². The van der Waals surface area contributed by atoms with E-state index >= 15 is 0 Å². The lowest BCUT2D eigenvalue weighted by Gasteiger charge is -2.43. The highest BCUT2D eigenvalue weighted by Gasteiger charge is 2.39. The van der Waals surface area contributed by atoms with E-state index in [0.29, 0.717) is 12.1 Å². The number of rotatable bonds is 6. The molecule has 4 nitrogen and oxygen atoms in total. The highest BCUT2D eigenvalue weighted by atomic mass is 19.1. The van der Waals surface area contributed by atoms with Gasteiger partial charge in [-0.25, -0.2) is 4.39 Å². The number of hydrogen-bond donors (Lipinski definition) is 1. The van der Waals surface area contributed by atoms with Crippen molar-refractivity contribution in [2.45, 2.75) is 25.3 Å². The number of benzene rings is 1. The monoisotopic (exact) mass is 308 g/mol. The van der Waals surface area contributed by atoms with Gasteiger partial charge in [-0.05, 0) is 33.0 Å². The van der Waals surface area contributed by atoms with E-state index in [1.54, 1.807) is 49.1 Å². The molecular weight excluding hydrogens is 283 g/mol. The van der Waals surface area contributed by atoms with E-state index in [4.69, 9.17) is 0 Å². The molecule has 1 atom stereocenters. The van der Waals surface area contributed by atoms with Crippen LogP contribution in [0.4, 0.5) is 4.39 Å². The summed E-state index contributed by atoms with van der Waals surface area (Å²) in [6.07, 6.45) is 2.97. The third-order valence-electron chi connectivity index (χ3n) is 4.65. The molecule has 2 rings (SSSR count). The second-order valence-corrected chi connectivity index (χ2v) is 6.59. The van der Waals surface area contributed by atoms with Crippen LogP contribution in [0.3, 0.4) is 0 Å². The fourth-order valence-electron chi connectivity index (χ4n) is 3.16. The Kier molecular flexibility index (Phi) is 5.19. The largest absolute Gasteiger partial charge is 0.396 e. The van der Waals surface area contributed by atoms with Gasteiger partial charge < -0.3 is 10.0 Å². The van der Waals surface area contributed by atoms with E-state index in [9.17, 15) is 14.3 Å². The molecule has 22 heavy (non-hydrogen) atoms. The van der Waals surface area contributed by atoms with Crippen LogP contribution >= 0.6 is 0 Å². The van der Waals surface area contributed by atoms with E-state index < -0.39 is 6.04 Å². The molecule has 0 heterocycles. The highest BCUT2D eigenvalue weighted by molar-refractivity contribution is 5.83. The van der Waals surface area contributed by atoms with Crippen LogP contribution in [0.15, 0.2) is 24.3 Å². The first-order valence-corrected chi connectivity index (χ1v) is 7.67. The summed E-state index contributed by atoms with van der Waals surface area (Å²) in [6, 6.07) is 5.73. The number of aliphatic hydroxyl groups is 1. The third-order valence-corrected chi connectivity index (χ3v) is 4.65. The minimum absolute atomic E-state index is 0.0942. The molecule has 0 saturated heterocycles. The van der Waals surface area contributed by atoms with Gasteiger partial charge in [0.2, 0.25) is 5.91 Å². The van der Waals surface area contributed by atoms with Gasteiger partial charge in [0.15, 0.2) is 0 Å². The molecule has 1 aromatic rings. The van der Waals surface area contributed by atoms with Gasteiger partial charge in [0.1, 0.15) is 11.9 Å². The zero-order valence-corrected chi connectivity index (χ0v) is 13.6. The van der Waals surface area contributed by atoms with Crippen LogP contribution in [0.5, 0.6) is 0 Å². The normalized spacial score (nSPS) is 17.9. The molecule has 0 radical (unpaired) electrons. The topological polar surface area (TPSA) is 43.8 Å². The van der Waals surface area contributed by atoms with Gasteiger partial charge in [0.05, 0.1) is 6.61 Å².